The molecule has 6 nitrogen and oxygen atoms in total. The zero-order chi connectivity index (χ0) is 17.7. The Morgan fingerprint density at radius 2 is 1.79 bits per heavy atom. The predicted octanol–water partition coefficient (Wildman–Crippen LogP) is 3.30. The summed E-state index contributed by atoms with van der Waals surface area (Å²) < 4.78 is 5.25. The molecule has 0 aliphatic rings. The Morgan fingerprint density at radius 3 is 2.38 bits per heavy atom. The van der Waals surface area contributed by atoms with Crippen molar-refractivity contribution in [2.45, 2.75) is 20.0 Å². The number of carboxylic acids is 2. The Balaban J connectivity index is 2.14. The molecule has 0 aromatic heterocycles. The smallest absolute Gasteiger partial charge is 0.344 e. The number of carbonyl (C=O) groups is 2. The summed E-state index contributed by atoms with van der Waals surface area (Å²) in [7, 11) is 0. The van der Waals surface area contributed by atoms with Crippen LogP contribution in [-0.2, 0) is 4.79 Å². The largest absolute Gasteiger partial charge is 0.479 e. The molecule has 0 unspecified atom stereocenters. The average Bonchev–Trinajstić information content (AvgIpc) is 2.55. The monoisotopic (exact) mass is 327 g/mol. The summed E-state index contributed by atoms with van der Waals surface area (Å²) in [4.78, 5) is 26.1. The summed E-state index contributed by atoms with van der Waals surface area (Å²) in [6, 6.07) is 11.5. The first kappa shape index (κ1) is 17.2. The van der Waals surface area contributed by atoms with Gasteiger partial charge in [0, 0.05) is 6.21 Å². The van der Waals surface area contributed by atoms with Gasteiger partial charge in [0.25, 0.3) is 0 Å². The molecular weight excluding hydrogens is 310 g/mol. The predicted molar refractivity (Wildman–Crippen MR) is 89.6 cm³/mol. The van der Waals surface area contributed by atoms with Gasteiger partial charge >= 0.3 is 11.9 Å². The van der Waals surface area contributed by atoms with Crippen LogP contribution >= 0.6 is 0 Å². The van der Waals surface area contributed by atoms with Crippen molar-refractivity contribution in [3.05, 3.63) is 59.2 Å². The Morgan fingerprint density at radius 1 is 1.12 bits per heavy atom. The van der Waals surface area contributed by atoms with E-state index in [0.29, 0.717) is 11.4 Å². The van der Waals surface area contributed by atoms with E-state index in [0.717, 1.165) is 11.1 Å². The van der Waals surface area contributed by atoms with Crippen molar-refractivity contribution in [2.75, 3.05) is 0 Å². The quantitative estimate of drug-likeness (QED) is 0.794. The fraction of sp³-hybridized carbons (Fsp3) is 0.167. The maximum atomic E-state index is 11.0. The van der Waals surface area contributed by atoms with Crippen molar-refractivity contribution in [2.24, 2.45) is 4.99 Å². The fourth-order valence-electron chi connectivity index (χ4n) is 1.91. The molecule has 0 bridgehead atoms. The van der Waals surface area contributed by atoms with E-state index in [1.54, 1.807) is 36.5 Å². The van der Waals surface area contributed by atoms with Gasteiger partial charge in [-0.3, -0.25) is 4.99 Å². The second-order valence-corrected chi connectivity index (χ2v) is 5.23. The van der Waals surface area contributed by atoms with E-state index < -0.39 is 18.0 Å². The molecule has 2 aromatic rings. The fourth-order valence-corrected chi connectivity index (χ4v) is 1.91. The minimum Gasteiger partial charge on any atom is -0.479 e. The second kappa shape index (κ2) is 7.41. The molecule has 0 aliphatic carbocycles. The van der Waals surface area contributed by atoms with Crippen molar-refractivity contribution >= 4 is 23.8 Å². The number of aryl methyl sites for hydroxylation is 1. The van der Waals surface area contributed by atoms with E-state index in [4.69, 9.17) is 14.9 Å². The van der Waals surface area contributed by atoms with E-state index in [1.807, 2.05) is 6.92 Å². The molecule has 0 heterocycles. The van der Waals surface area contributed by atoms with Gasteiger partial charge in [0.05, 0.1) is 11.3 Å². The SMILES string of the molecule is Cc1ccc(C(=O)O)cc1N=Cc1ccc(O[C@H](C)C(=O)O)cc1. The number of aromatic carboxylic acids is 1. The highest BCUT2D eigenvalue weighted by Crippen LogP contribution is 2.21. The lowest BCUT2D eigenvalue weighted by molar-refractivity contribution is -0.144. The Labute approximate surface area is 139 Å². The normalized spacial score (nSPS) is 12.1. The molecular formula is C18H17NO5. The highest BCUT2D eigenvalue weighted by Gasteiger charge is 2.11. The third-order valence-corrected chi connectivity index (χ3v) is 3.35. The minimum absolute atomic E-state index is 0.180. The maximum absolute atomic E-state index is 11.0. The van der Waals surface area contributed by atoms with Crippen molar-refractivity contribution in [3.8, 4) is 5.75 Å². The van der Waals surface area contributed by atoms with Crippen LogP contribution < -0.4 is 4.74 Å². The van der Waals surface area contributed by atoms with Gasteiger partial charge in [-0.05, 0) is 61.4 Å². The molecule has 0 saturated carbocycles. The van der Waals surface area contributed by atoms with Crippen LogP contribution in [0.3, 0.4) is 0 Å². The van der Waals surface area contributed by atoms with Crippen molar-refractivity contribution in [1.82, 2.24) is 0 Å². The number of nitrogens with zero attached hydrogens (tertiary/aromatic N) is 1. The highest BCUT2D eigenvalue weighted by atomic mass is 16.5. The van der Waals surface area contributed by atoms with Crippen molar-refractivity contribution in [1.29, 1.82) is 0 Å². The summed E-state index contributed by atoms with van der Waals surface area (Å²) in [6.07, 6.45) is 0.684. The number of hydrogen-bond acceptors (Lipinski definition) is 4. The molecule has 2 N–H and O–H groups in total. The minimum atomic E-state index is -1.03. The summed E-state index contributed by atoms with van der Waals surface area (Å²) in [5.41, 5.74) is 2.41. The zero-order valence-electron chi connectivity index (χ0n) is 13.3. The van der Waals surface area contributed by atoms with Gasteiger partial charge < -0.3 is 14.9 Å². The molecule has 2 aromatic carbocycles. The third-order valence-electron chi connectivity index (χ3n) is 3.35. The highest BCUT2D eigenvalue weighted by molar-refractivity contribution is 5.90. The number of benzene rings is 2. The molecule has 0 saturated heterocycles. The van der Waals surface area contributed by atoms with E-state index in [2.05, 4.69) is 4.99 Å². The van der Waals surface area contributed by atoms with Crippen molar-refractivity contribution < 1.29 is 24.5 Å². The van der Waals surface area contributed by atoms with Crippen LogP contribution in [-0.4, -0.2) is 34.5 Å². The van der Waals surface area contributed by atoms with E-state index in [-0.39, 0.29) is 5.56 Å². The van der Waals surface area contributed by atoms with Crippen LogP contribution in [0.15, 0.2) is 47.5 Å². The summed E-state index contributed by atoms with van der Waals surface area (Å²) in [5.74, 6) is -1.58. The van der Waals surface area contributed by atoms with Crippen LogP contribution in [0.1, 0.15) is 28.4 Å². The molecule has 6 heteroatoms. The van der Waals surface area contributed by atoms with Gasteiger partial charge in [0.1, 0.15) is 5.75 Å². The Hall–Kier alpha value is -3.15. The molecule has 24 heavy (non-hydrogen) atoms. The van der Waals surface area contributed by atoms with Crippen LogP contribution in [0.25, 0.3) is 0 Å². The summed E-state index contributed by atoms with van der Waals surface area (Å²) in [5, 5.41) is 17.8. The third kappa shape index (κ3) is 4.42. The Bertz CT molecular complexity index is 780. The first-order chi connectivity index (χ1) is 11.4. The van der Waals surface area contributed by atoms with Crippen LogP contribution in [0.2, 0.25) is 0 Å². The molecule has 0 amide bonds. The van der Waals surface area contributed by atoms with E-state index in [1.165, 1.54) is 19.1 Å². The molecule has 0 radical (unpaired) electrons. The number of aliphatic carboxylic acids is 1. The van der Waals surface area contributed by atoms with Gasteiger partial charge in [-0.2, -0.15) is 0 Å². The van der Waals surface area contributed by atoms with Crippen molar-refractivity contribution in [3.63, 3.8) is 0 Å². The lowest BCUT2D eigenvalue weighted by Gasteiger charge is -2.10. The van der Waals surface area contributed by atoms with Gasteiger partial charge in [-0.15, -0.1) is 0 Å². The molecule has 1 atom stereocenters. The van der Waals surface area contributed by atoms with Gasteiger partial charge in [0.2, 0.25) is 0 Å². The number of ether oxygens (including phenoxy) is 1. The number of carboxylic acid groups (broad SMARTS) is 2. The number of aliphatic imine (C=N–C) groups is 1. The van der Waals surface area contributed by atoms with Crippen LogP contribution in [0.4, 0.5) is 5.69 Å². The number of rotatable bonds is 6. The lowest BCUT2D eigenvalue weighted by Crippen LogP contribution is -2.22. The van der Waals surface area contributed by atoms with Gasteiger partial charge in [0.15, 0.2) is 6.10 Å². The molecule has 0 aliphatic heterocycles. The van der Waals surface area contributed by atoms with Crippen LogP contribution in [0.5, 0.6) is 5.75 Å². The molecule has 124 valence electrons. The second-order valence-electron chi connectivity index (χ2n) is 5.23. The van der Waals surface area contributed by atoms with Gasteiger partial charge in [-0.1, -0.05) is 6.07 Å². The average molecular weight is 327 g/mol. The Kier molecular flexibility index (Phi) is 5.31. The lowest BCUT2D eigenvalue weighted by atomic mass is 10.1. The maximum Gasteiger partial charge on any atom is 0.344 e. The summed E-state index contributed by atoms with van der Waals surface area (Å²) >= 11 is 0. The van der Waals surface area contributed by atoms with Gasteiger partial charge in [-0.25, -0.2) is 9.59 Å². The van der Waals surface area contributed by atoms with E-state index in [9.17, 15) is 9.59 Å². The summed E-state index contributed by atoms with van der Waals surface area (Å²) in [6.45, 7) is 3.30. The standard InChI is InChI=1S/C18H17NO5/c1-11-3-6-14(18(22)23)9-16(11)19-10-13-4-7-15(8-5-13)24-12(2)17(20)21/h3-10,12H,1-2H3,(H,20,21)(H,22,23)/t12-/m1/s1. The number of hydrogen-bond donors (Lipinski definition) is 2. The first-order valence-corrected chi connectivity index (χ1v) is 7.24. The van der Waals surface area contributed by atoms with E-state index >= 15 is 0 Å². The van der Waals surface area contributed by atoms with Crippen LogP contribution in [0, 0.1) is 6.92 Å². The topological polar surface area (TPSA) is 96.2 Å². The zero-order valence-corrected chi connectivity index (χ0v) is 13.3. The molecule has 2 rings (SSSR count). The molecule has 0 fully saturated rings. The first-order valence-electron chi connectivity index (χ1n) is 7.24. The molecule has 0 spiro atoms.